The number of hydrogen-bond acceptors (Lipinski definition) is 3. The number of carbonyl (C=O) groups is 1. The van der Waals surface area contributed by atoms with Crippen LogP contribution in [0.15, 0.2) is 24.3 Å². The highest BCUT2D eigenvalue weighted by molar-refractivity contribution is 5.76. The Hall–Kier alpha value is -1.71. The molecule has 1 amide bonds. The van der Waals surface area contributed by atoms with Gasteiger partial charge in [-0.3, -0.25) is 4.79 Å². The quantitative estimate of drug-likeness (QED) is 0.620. The van der Waals surface area contributed by atoms with Gasteiger partial charge in [0.05, 0.1) is 12.3 Å². The van der Waals surface area contributed by atoms with Crippen molar-refractivity contribution in [3.63, 3.8) is 0 Å². The number of hydrogen-bond donors (Lipinski definition) is 2. The van der Waals surface area contributed by atoms with Crippen molar-refractivity contribution in [3.05, 3.63) is 24.3 Å². The number of benzene rings is 1. The fourth-order valence-corrected chi connectivity index (χ4v) is 5.65. The number of nitrogen functional groups attached to an aromatic ring is 1. The summed E-state index contributed by atoms with van der Waals surface area (Å²) in [4.78, 5) is 12.4. The first-order valence-electron chi connectivity index (χ1n) is 9.40. The molecule has 1 aromatic carbocycles. The molecule has 0 spiro atoms. The number of para-hydroxylation sites is 2. The van der Waals surface area contributed by atoms with Crippen LogP contribution in [0.25, 0.3) is 0 Å². The first-order chi connectivity index (χ1) is 11.6. The minimum atomic E-state index is 0.122. The summed E-state index contributed by atoms with van der Waals surface area (Å²) < 4.78 is 5.68. The van der Waals surface area contributed by atoms with E-state index in [2.05, 4.69) is 5.32 Å². The molecule has 4 saturated carbocycles. The second-order valence-corrected chi connectivity index (χ2v) is 8.24. The van der Waals surface area contributed by atoms with E-state index < -0.39 is 0 Å². The Morgan fingerprint density at radius 3 is 2.38 bits per heavy atom. The van der Waals surface area contributed by atoms with E-state index in [1.165, 1.54) is 38.5 Å². The molecule has 4 heteroatoms. The molecule has 24 heavy (non-hydrogen) atoms. The average Bonchev–Trinajstić information content (AvgIpc) is 2.51. The van der Waals surface area contributed by atoms with Crippen LogP contribution in [0.3, 0.4) is 0 Å². The SMILES string of the molecule is Nc1ccccc1OCCCC(=O)NC12CC3CC(CC(C3)C1)C2. The van der Waals surface area contributed by atoms with Gasteiger partial charge < -0.3 is 15.8 Å². The van der Waals surface area contributed by atoms with E-state index in [0.29, 0.717) is 24.5 Å². The van der Waals surface area contributed by atoms with Crippen LogP contribution in [0.1, 0.15) is 51.4 Å². The molecule has 0 saturated heterocycles. The lowest BCUT2D eigenvalue weighted by Crippen LogP contribution is -2.59. The number of carbonyl (C=O) groups excluding carboxylic acids is 1. The second kappa shape index (κ2) is 6.30. The van der Waals surface area contributed by atoms with Crippen LogP contribution in [0, 0.1) is 17.8 Å². The maximum atomic E-state index is 12.4. The molecule has 0 atom stereocenters. The summed E-state index contributed by atoms with van der Waals surface area (Å²) in [6.45, 7) is 0.530. The molecule has 4 bridgehead atoms. The molecule has 4 nitrogen and oxygen atoms in total. The number of nitrogens with two attached hydrogens (primary N) is 1. The lowest BCUT2D eigenvalue weighted by Gasteiger charge is -2.56. The van der Waals surface area contributed by atoms with Crippen molar-refractivity contribution in [2.45, 2.75) is 56.9 Å². The number of anilines is 1. The standard InChI is InChI=1S/C20H28N2O2/c21-17-4-1-2-5-18(17)24-7-3-6-19(23)22-20-11-14-8-15(12-20)10-16(9-14)13-20/h1-2,4-5,14-16H,3,6-13,21H2,(H,22,23). The molecule has 3 N–H and O–H groups in total. The highest BCUT2D eigenvalue weighted by atomic mass is 16.5. The van der Waals surface area contributed by atoms with Gasteiger partial charge in [0.25, 0.3) is 0 Å². The van der Waals surface area contributed by atoms with E-state index in [1.54, 1.807) is 0 Å². The molecule has 0 aromatic heterocycles. The second-order valence-electron chi connectivity index (χ2n) is 8.24. The van der Waals surface area contributed by atoms with Crippen LogP contribution >= 0.6 is 0 Å². The number of nitrogens with one attached hydrogen (secondary N) is 1. The van der Waals surface area contributed by atoms with Crippen LogP contribution in [0.5, 0.6) is 5.75 Å². The minimum Gasteiger partial charge on any atom is -0.491 e. The maximum absolute atomic E-state index is 12.4. The van der Waals surface area contributed by atoms with Gasteiger partial charge in [-0.2, -0.15) is 0 Å². The highest BCUT2D eigenvalue weighted by Gasteiger charge is 2.51. The largest absolute Gasteiger partial charge is 0.491 e. The first-order valence-corrected chi connectivity index (χ1v) is 9.40. The Bertz CT molecular complexity index is 578. The van der Waals surface area contributed by atoms with Crippen molar-refractivity contribution in [1.82, 2.24) is 5.32 Å². The van der Waals surface area contributed by atoms with Crippen LogP contribution in [-0.2, 0) is 4.79 Å². The van der Waals surface area contributed by atoms with Gasteiger partial charge in [0, 0.05) is 12.0 Å². The van der Waals surface area contributed by atoms with Crippen molar-refractivity contribution in [3.8, 4) is 5.75 Å². The van der Waals surface area contributed by atoms with Gasteiger partial charge in [-0.1, -0.05) is 12.1 Å². The van der Waals surface area contributed by atoms with Crippen molar-refractivity contribution in [1.29, 1.82) is 0 Å². The predicted octanol–water partition coefficient (Wildman–Crippen LogP) is 3.51. The van der Waals surface area contributed by atoms with Gasteiger partial charge in [-0.25, -0.2) is 0 Å². The average molecular weight is 328 g/mol. The lowest BCUT2D eigenvalue weighted by molar-refractivity contribution is -0.127. The molecule has 5 rings (SSSR count). The van der Waals surface area contributed by atoms with E-state index in [1.807, 2.05) is 24.3 Å². The van der Waals surface area contributed by atoms with Gasteiger partial charge in [0.1, 0.15) is 5.75 Å². The molecule has 0 radical (unpaired) electrons. The van der Waals surface area contributed by atoms with Gasteiger partial charge in [0.2, 0.25) is 5.91 Å². The van der Waals surface area contributed by atoms with E-state index in [4.69, 9.17) is 10.5 Å². The van der Waals surface area contributed by atoms with Crippen LogP contribution in [0.2, 0.25) is 0 Å². The molecule has 0 aliphatic heterocycles. The van der Waals surface area contributed by atoms with Gasteiger partial charge in [0.15, 0.2) is 0 Å². The van der Waals surface area contributed by atoms with Crippen molar-refractivity contribution in [2.75, 3.05) is 12.3 Å². The molecule has 4 fully saturated rings. The smallest absolute Gasteiger partial charge is 0.220 e. The van der Waals surface area contributed by atoms with Gasteiger partial charge in [-0.05, 0) is 74.8 Å². The van der Waals surface area contributed by atoms with Crippen molar-refractivity contribution >= 4 is 11.6 Å². The summed E-state index contributed by atoms with van der Waals surface area (Å²) in [5.41, 5.74) is 6.62. The van der Waals surface area contributed by atoms with Crippen molar-refractivity contribution in [2.24, 2.45) is 17.8 Å². The number of amides is 1. The summed E-state index contributed by atoms with van der Waals surface area (Å²) in [6.07, 6.45) is 9.11. The maximum Gasteiger partial charge on any atom is 0.220 e. The van der Waals surface area contributed by atoms with E-state index in [9.17, 15) is 4.79 Å². The summed E-state index contributed by atoms with van der Waals surface area (Å²) >= 11 is 0. The Labute approximate surface area is 144 Å². The van der Waals surface area contributed by atoms with Crippen molar-refractivity contribution < 1.29 is 9.53 Å². The Kier molecular flexibility index (Phi) is 4.15. The van der Waals surface area contributed by atoms with Crippen LogP contribution in [-0.4, -0.2) is 18.1 Å². The molecule has 1 aromatic rings. The summed E-state index contributed by atoms with van der Waals surface area (Å²) in [7, 11) is 0. The summed E-state index contributed by atoms with van der Waals surface area (Å²) in [5, 5.41) is 3.42. The third-order valence-corrected chi connectivity index (χ3v) is 6.17. The molecule has 130 valence electrons. The van der Waals surface area contributed by atoms with E-state index in [0.717, 1.165) is 24.2 Å². The first kappa shape index (κ1) is 15.8. The molecule has 4 aliphatic rings. The molecule has 4 aliphatic carbocycles. The molecular weight excluding hydrogens is 300 g/mol. The molecular formula is C20H28N2O2. The number of ether oxygens (including phenoxy) is 1. The highest BCUT2D eigenvalue weighted by Crippen LogP contribution is 2.55. The van der Waals surface area contributed by atoms with E-state index in [-0.39, 0.29) is 11.4 Å². The van der Waals surface area contributed by atoms with Crippen LogP contribution in [0.4, 0.5) is 5.69 Å². The molecule has 0 unspecified atom stereocenters. The summed E-state index contributed by atoms with van der Waals surface area (Å²) in [5.74, 6) is 3.49. The van der Waals surface area contributed by atoms with E-state index >= 15 is 0 Å². The zero-order chi connectivity index (χ0) is 16.6. The zero-order valence-corrected chi connectivity index (χ0v) is 14.3. The fraction of sp³-hybridized carbons (Fsp3) is 0.650. The Morgan fingerprint density at radius 1 is 1.12 bits per heavy atom. The van der Waals surface area contributed by atoms with Crippen LogP contribution < -0.4 is 15.8 Å². The Balaban J connectivity index is 1.23. The third kappa shape index (κ3) is 3.24. The monoisotopic (exact) mass is 328 g/mol. The topological polar surface area (TPSA) is 64.3 Å². The van der Waals surface area contributed by atoms with Gasteiger partial charge >= 0.3 is 0 Å². The fourth-order valence-electron chi connectivity index (χ4n) is 5.65. The minimum absolute atomic E-state index is 0.122. The lowest BCUT2D eigenvalue weighted by atomic mass is 9.53. The summed E-state index contributed by atoms with van der Waals surface area (Å²) in [6, 6.07) is 7.49. The number of rotatable bonds is 6. The molecule has 0 heterocycles. The zero-order valence-electron chi connectivity index (χ0n) is 14.3. The van der Waals surface area contributed by atoms with Gasteiger partial charge in [-0.15, -0.1) is 0 Å². The predicted molar refractivity (Wildman–Crippen MR) is 94.6 cm³/mol. The normalized spacial score (nSPS) is 33.4. The third-order valence-electron chi connectivity index (χ3n) is 6.17. The Morgan fingerprint density at radius 2 is 1.75 bits per heavy atom.